The van der Waals surface area contributed by atoms with E-state index in [9.17, 15) is 34.8 Å². The third kappa shape index (κ3) is 4.79. The van der Waals surface area contributed by atoms with E-state index in [0.29, 0.717) is 19.7 Å². The zero-order valence-electron chi connectivity index (χ0n) is 24.6. The Labute approximate surface area is 253 Å². The fourth-order valence-corrected chi connectivity index (χ4v) is 6.93. The normalized spacial score (nSPS) is 32.1. The molecule has 2 aromatic rings. The maximum atomic E-state index is 13.7. The molecule has 7 atom stereocenters. The number of hydrogen-bond acceptors (Lipinski definition) is 13. The molecule has 0 amide bonds. The second-order valence-electron chi connectivity index (χ2n) is 12.0. The summed E-state index contributed by atoms with van der Waals surface area (Å²) >= 11 is 0. The summed E-state index contributed by atoms with van der Waals surface area (Å²) in [4.78, 5) is 42.0. The highest BCUT2D eigenvalue weighted by molar-refractivity contribution is 6.32. The number of anilines is 1. The minimum Gasteiger partial charge on any atom is -0.507 e. The Kier molecular flexibility index (Phi) is 7.77. The molecule has 6 N–H and O–H groups in total. The van der Waals surface area contributed by atoms with Gasteiger partial charge in [-0.15, -0.1) is 0 Å². The first kappa shape index (κ1) is 30.6. The summed E-state index contributed by atoms with van der Waals surface area (Å²) in [6.07, 6.45) is -4.84. The van der Waals surface area contributed by atoms with Crippen molar-refractivity contribution in [2.24, 2.45) is 0 Å². The summed E-state index contributed by atoms with van der Waals surface area (Å²) in [6.45, 7) is 4.20. The predicted molar refractivity (Wildman–Crippen MR) is 152 cm³/mol. The number of methoxy groups -OCH3 is 1. The topological polar surface area (TPSA) is 198 Å². The number of phenols is 2. The van der Waals surface area contributed by atoms with E-state index in [0.717, 1.165) is 0 Å². The average molecular weight is 613 g/mol. The van der Waals surface area contributed by atoms with Crippen molar-refractivity contribution < 1.29 is 53.8 Å². The van der Waals surface area contributed by atoms with Crippen molar-refractivity contribution in [3.8, 4) is 11.5 Å². The molecule has 4 aliphatic rings. The standard InChI is InChI=1S/C31H36N2O11/c1-13-26(35)18(33-7-8-42-21(12-33)41-3)9-20(43-13)44-19-11-31(40,14(2)34)10-16-23(19)30(39)25-24(28(16)37)27(36)15-5-4-6-17(32)22(15)29(25)38/h4-6,13,18-21,26,35,37,39-40H,7-12,32H2,1-3H3/t13-,18-,19-,20-,21-,26+,31-/m0/s1. The van der Waals surface area contributed by atoms with Crippen LogP contribution in [-0.4, -0.2) is 106 Å². The second-order valence-corrected chi connectivity index (χ2v) is 12.0. The first-order valence-electron chi connectivity index (χ1n) is 14.6. The second kappa shape index (κ2) is 11.2. The molecule has 6 rings (SSSR count). The molecule has 13 nitrogen and oxygen atoms in total. The molecule has 0 unspecified atom stereocenters. The number of ketones is 3. The molecular formula is C31H36N2O11. The largest absolute Gasteiger partial charge is 0.507 e. The summed E-state index contributed by atoms with van der Waals surface area (Å²) < 4.78 is 23.3. The van der Waals surface area contributed by atoms with E-state index >= 15 is 0 Å². The lowest BCUT2D eigenvalue weighted by Crippen LogP contribution is -2.59. The molecule has 0 spiro atoms. The van der Waals surface area contributed by atoms with E-state index < -0.39 is 88.9 Å². The monoisotopic (exact) mass is 612 g/mol. The first-order valence-corrected chi connectivity index (χ1v) is 14.6. The van der Waals surface area contributed by atoms with Crippen molar-refractivity contribution in [2.75, 3.05) is 32.5 Å². The Balaban J connectivity index is 1.41. The molecule has 13 heteroatoms. The Morgan fingerprint density at radius 3 is 2.55 bits per heavy atom. The van der Waals surface area contributed by atoms with Crippen LogP contribution in [0, 0.1) is 0 Å². The van der Waals surface area contributed by atoms with E-state index in [-0.39, 0.29) is 40.8 Å². The zero-order chi connectivity index (χ0) is 31.7. The van der Waals surface area contributed by atoms with Crippen LogP contribution < -0.4 is 5.73 Å². The van der Waals surface area contributed by atoms with Crippen LogP contribution in [0.15, 0.2) is 18.2 Å². The summed E-state index contributed by atoms with van der Waals surface area (Å²) in [5.41, 5.74) is 2.97. The van der Waals surface area contributed by atoms with Gasteiger partial charge in [0, 0.05) is 67.9 Å². The Morgan fingerprint density at radius 1 is 1.11 bits per heavy atom. The number of Topliss-reactive ketones (excluding diaryl/α,β-unsaturated/α-hetero) is 1. The predicted octanol–water partition coefficient (Wildman–Crippen LogP) is 0.948. The molecule has 236 valence electrons. The molecule has 2 heterocycles. The minimum absolute atomic E-state index is 0.0315. The van der Waals surface area contributed by atoms with E-state index in [4.69, 9.17) is 24.7 Å². The number of nitrogen functional groups attached to an aromatic ring is 1. The van der Waals surface area contributed by atoms with Gasteiger partial charge < -0.3 is 45.1 Å². The SMILES string of the molecule is CO[C@@H]1CN([C@H]2C[C@H](O[C@H]3C[C@](O)(C(C)=O)Cc4c(O)c5c(c(O)c43)C(=O)c3c(N)cccc3C5=O)O[C@@H](C)[C@H]2O)CCO1. The highest BCUT2D eigenvalue weighted by atomic mass is 16.7. The van der Waals surface area contributed by atoms with Crippen LogP contribution >= 0.6 is 0 Å². The molecule has 0 bridgehead atoms. The van der Waals surface area contributed by atoms with Gasteiger partial charge in [0.25, 0.3) is 0 Å². The molecule has 2 fully saturated rings. The van der Waals surface area contributed by atoms with Crippen LogP contribution in [0.3, 0.4) is 0 Å². The number of phenolic OH excluding ortho intramolecular Hbond substituents is 2. The quantitative estimate of drug-likeness (QED) is 0.202. The van der Waals surface area contributed by atoms with Gasteiger partial charge in [0.05, 0.1) is 41.6 Å². The lowest BCUT2D eigenvalue weighted by atomic mass is 9.72. The van der Waals surface area contributed by atoms with Crippen LogP contribution in [0.25, 0.3) is 0 Å². The number of morpholine rings is 1. The van der Waals surface area contributed by atoms with Gasteiger partial charge in [-0.05, 0) is 19.9 Å². The van der Waals surface area contributed by atoms with Gasteiger partial charge in [0.15, 0.2) is 29.9 Å². The van der Waals surface area contributed by atoms with E-state index in [1.165, 1.54) is 32.2 Å². The average Bonchev–Trinajstić information content (AvgIpc) is 2.99. The van der Waals surface area contributed by atoms with E-state index in [2.05, 4.69) is 0 Å². The van der Waals surface area contributed by atoms with Crippen LogP contribution in [0.2, 0.25) is 0 Å². The number of nitrogens with zero attached hydrogens (tertiary/aromatic N) is 1. The maximum absolute atomic E-state index is 13.7. The van der Waals surface area contributed by atoms with Crippen LogP contribution in [0.5, 0.6) is 11.5 Å². The third-order valence-electron chi connectivity index (χ3n) is 9.37. The number of carbonyl (C=O) groups is 3. The van der Waals surface area contributed by atoms with Gasteiger partial charge in [0.1, 0.15) is 17.1 Å². The van der Waals surface area contributed by atoms with Gasteiger partial charge >= 0.3 is 0 Å². The summed E-state index contributed by atoms with van der Waals surface area (Å²) in [5.74, 6) is -3.32. The van der Waals surface area contributed by atoms with Crippen molar-refractivity contribution in [1.82, 2.24) is 4.90 Å². The lowest BCUT2D eigenvalue weighted by molar-refractivity contribution is -0.266. The van der Waals surface area contributed by atoms with Crippen LogP contribution in [-0.2, 0) is 30.2 Å². The van der Waals surface area contributed by atoms with E-state index in [1.807, 2.05) is 4.90 Å². The van der Waals surface area contributed by atoms with Crippen LogP contribution in [0.1, 0.15) is 75.8 Å². The summed E-state index contributed by atoms with van der Waals surface area (Å²) in [5, 5.41) is 45.6. The molecular weight excluding hydrogens is 576 g/mol. The van der Waals surface area contributed by atoms with E-state index in [1.54, 1.807) is 6.92 Å². The lowest BCUT2D eigenvalue weighted by Gasteiger charge is -2.47. The van der Waals surface area contributed by atoms with Crippen molar-refractivity contribution in [2.45, 2.75) is 75.6 Å². The number of benzene rings is 2. The third-order valence-corrected chi connectivity index (χ3v) is 9.37. The number of carbonyl (C=O) groups excluding carboxylic acids is 3. The van der Waals surface area contributed by atoms with Crippen molar-refractivity contribution >= 4 is 23.0 Å². The Bertz CT molecular complexity index is 1540. The summed E-state index contributed by atoms with van der Waals surface area (Å²) in [6, 6.07) is 3.93. The number of nitrogens with two attached hydrogens (primary N) is 1. The number of aliphatic hydroxyl groups excluding tert-OH is 1. The number of hydrogen-bond donors (Lipinski definition) is 5. The molecule has 0 aromatic heterocycles. The zero-order valence-corrected chi connectivity index (χ0v) is 24.6. The fraction of sp³-hybridized carbons (Fsp3) is 0.516. The molecule has 2 aromatic carbocycles. The first-order chi connectivity index (χ1) is 20.9. The van der Waals surface area contributed by atoms with Gasteiger partial charge in [-0.1, -0.05) is 12.1 Å². The van der Waals surface area contributed by atoms with Gasteiger partial charge in [-0.3, -0.25) is 19.3 Å². The molecule has 2 aliphatic carbocycles. The highest BCUT2D eigenvalue weighted by Gasteiger charge is 2.50. The Morgan fingerprint density at radius 2 is 1.84 bits per heavy atom. The number of aromatic hydroxyl groups is 2. The van der Waals surface area contributed by atoms with Gasteiger partial charge in [0.2, 0.25) is 0 Å². The van der Waals surface area contributed by atoms with Crippen molar-refractivity contribution in [3.05, 3.63) is 51.6 Å². The molecule has 0 saturated carbocycles. The van der Waals surface area contributed by atoms with Crippen molar-refractivity contribution in [3.63, 3.8) is 0 Å². The molecule has 0 radical (unpaired) electrons. The number of ether oxygens (including phenoxy) is 4. The molecule has 2 saturated heterocycles. The van der Waals surface area contributed by atoms with Gasteiger partial charge in [-0.2, -0.15) is 0 Å². The van der Waals surface area contributed by atoms with Crippen LogP contribution in [0.4, 0.5) is 5.69 Å². The summed E-state index contributed by atoms with van der Waals surface area (Å²) in [7, 11) is 1.53. The molecule has 44 heavy (non-hydrogen) atoms. The smallest absolute Gasteiger partial charge is 0.200 e. The highest BCUT2D eigenvalue weighted by Crippen LogP contribution is 2.52. The maximum Gasteiger partial charge on any atom is 0.200 e. The van der Waals surface area contributed by atoms with Gasteiger partial charge in [-0.25, -0.2) is 0 Å². The fourth-order valence-electron chi connectivity index (χ4n) is 6.93. The van der Waals surface area contributed by atoms with Crippen molar-refractivity contribution in [1.29, 1.82) is 0 Å². The molecule has 2 aliphatic heterocycles. The number of fused-ring (bicyclic) bond motifs is 3. The minimum atomic E-state index is -2.02. The Hall–Kier alpha value is -3.43. The number of rotatable bonds is 5. The number of aliphatic hydroxyl groups is 2.